The van der Waals surface area contributed by atoms with Crippen molar-refractivity contribution < 1.29 is 9.90 Å². The van der Waals surface area contributed by atoms with Crippen molar-refractivity contribution in [2.75, 3.05) is 0 Å². The van der Waals surface area contributed by atoms with E-state index in [1.54, 1.807) is 11.3 Å². The molecule has 2 N–H and O–H groups in total. The molecule has 5 heteroatoms. The van der Waals surface area contributed by atoms with Gasteiger partial charge in [0, 0.05) is 23.7 Å². The first-order valence-corrected chi connectivity index (χ1v) is 6.84. The van der Waals surface area contributed by atoms with E-state index < -0.39 is 5.97 Å². The number of hydrogen-bond acceptors (Lipinski definition) is 4. The van der Waals surface area contributed by atoms with Crippen molar-refractivity contribution in [3.63, 3.8) is 0 Å². The Morgan fingerprint density at radius 3 is 3.12 bits per heavy atom. The fourth-order valence-electron chi connectivity index (χ4n) is 2.33. The van der Waals surface area contributed by atoms with Crippen LogP contribution in [0.2, 0.25) is 0 Å². The summed E-state index contributed by atoms with van der Waals surface area (Å²) in [5, 5.41) is 13.5. The topological polar surface area (TPSA) is 62.2 Å². The molecule has 4 nitrogen and oxygen atoms in total. The third-order valence-corrected chi connectivity index (χ3v) is 4.17. The van der Waals surface area contributed by atoms with Gasteiger partial charge in [-0.3, -0.25) is 4.79 Å². The monoisotopic (exact) mass is 254 g/mol. The number of nitrogens with zero attached hydrogens (tertiary/aromatic N) is 1. The lowest BCUT2D eigenvalue weighted by Gasteiger charge is -2.27. The van der Waals surface area contributed by atoms with Gasteiger partial charge in [-0.2, -0.15) is 0 Å². The van der Waals surface area contributed by atoms with Crippen molar-refractivity contribution >= 4 is 17.3 Å². The van der Waals surface area contributed by atoms with Crippen molar-refractivity contribution in [2.24, 2.45) is 5.92 Å². The quantitative estimate of drug-likeness (QED) is 0.864. The zero-order chi connectivity index (χ0) is 12.3. The molecule has 1 saturated carbocycles. The standard InChI is InChI=1S/C12H18N2O2S/c1-8-13-6-11(17-8)7-14-10-4-2-3-9(5-10)12(15)16/h6,9-10,14H,2-5,7H2,1H3,(H,15,16). The average molecular weight is 254 g/mol. The minimum absolute atomic E-state index is 0.163. The summed E-state index contributed by atoms with van der Waals surface area (Å²) < 4.78 is 0. The van der Waals surface area contributed by atoms with Crippen LogP contribution in [-0.2, 0) is 11.3 Å². The molecule has 1 aromatic rings. The van der Waals surface area contributed by atoms with E-state index in [9.17, 15) is 4.79 Å². The van der Waals surface area contributed by atoms with E-state index in [2.05, 4.69) is 10.3 Å². The van der Waals surface area contributed by atoms with Crippen molar-refractivity contribution in [1.29, 1.82) is 0 Å². The minimum atomic E-state index is -0.648. The lowest BCUT2D eigenvalue weighted by Crippen LogP contribution is -2.35. The molecule has 1 fully saturated rings. The van der Waals surface area contributed by atoms with Crippen LogP contribution in [0.15, 0.2) is 6.20 Å². The molecule has 17 heavy (non-hydrogen) atoms. The normalized spacial score (nSPS) is 24.8. The van der Waals surface area contributed by atoms with E-state index in [1.165, 1.54) is 4.88 Å². The highest BCUT2D eigenvalue weighted by Gasteiger charge is 2.26. The largest absolute Gasteiger partial charge is 0.481 e. The number of aryl methyl sites for hydroxylation is 1. The van der Waals surface area contributed by atoms with Gasteiger partial charge >= 0.3 is 5.97 Å². The minimum Gasteiger partial charge on any atom is -0.481 e. The molecule has 0 saturated heterocycles. The van der Waals surface area contributed by atoms with Crippen LogP contribution >= 0.6 is 11.3 Å². The summed E-state index contributed by atoms with van der Waals surface area (Å²) in [7, 11) is 0. The lowest BCUT2D eigenvalue weighted by molar-refractivity contribution is -0.143. The first-order chi connectivity index (χ1) is 8.15. The van der Waals surface area contributed by atoms with Gasteiger partial charge in [0.05, 0.1) is 10.9 Å². The summed E-state index contributed by atoms with van der Waals surface area (Å²) in [5.74, 6) is -0.811. The molecule has 1 heterocycles. The summed E-state index contributed by atoms with van der Waals surface area (Å²) in [6.07, 6.45) is 5.57. The van der Waals surface area contributed by atoms with E-state index in [4.69, 9.17) is 5.11 Å². The zero-order valence-electron chi connectivity index (χ0n) is 9.98. The van der Waals surface area contributed by atoms with E-state index in [-0.39, 0.29) is 5.92 Å². The van der Waals surface area contributed by atoms with Crippen LogP contribution in [0.5, 0.6) is 0 Å². The molecule has 0 spiro atoms. The number of rotatable bonds is 4. The first-order valence-electron chi connectivity index (χ1n) is 6.02. The summed E-state index contributed by atoms with van der Waals surface area (Å²) >= 11 is 1.69. The zero-order valence-corrected chi connectivity index (χ0v) is 10.8. The predicted molar refractivity (Wildman–Crippen MR) is 67.1 cm³/mol. The van der Waals surface area contributed by atoms with Crippen LogP contribution in [0, 0.1) is 12.8 Å². The Balaban J connectivity index is 1.81. The van der Waals surface area contributed by atoms with Crippen molar-refractivity contribution in [2.45, 2.75) is 45.2 Å². The maximum atomic E-state index is 10.9. The second-order valence-electron chi connectivity index (χ2n) is 4.63. The van der Waals surface area contributed by atoms with E-state index in [0.29, 0.717) is 6.04 Å². The van der Waals surface area contributed by atoms with Crippen LogP contribution in [0.3, 0.4) is 0 Å². The van der Waals surface area contributed by atoms with Gasteiger partial charge in [-0.1, -0.05) is 6.42 Å². The smallest absolute Gasteiger partial charge is 0.306 e. The Bertz CT molecular complexity index is 392. The third kappa shape index (κ3) is 3.51. The number of carboxylic acid groups (broad SMARTS) is 1. The van der Waals surface area contributed by atoms with Gasteiger partial charge in [0.1, 0.15) is 0 Å². The Labute approximate surface area is 105 Å². The van der Waals surface area contributed by atoms with Crippen LogP contribution in [0.1, 0.15) is 35.6 Å². The first kappa shape index (κ1) is 12.5. The molecule has 0 bridgehead atoms. The second-order valence-corrected chi connectivity index (χ2v) is 5.94. The molecular formula is C12H18N2O2S. The summed E-state index contributed by atoms with van der Waals surface area (Å²) in [6, 6.07) is 0.340. The Kier molecular flexibility index (Phi) is 4.12. The van der Waals surface area contributed by atoms with Crippen molar-refractivity contribution in [3.05, 3.63) is 16.1 Å². The van der Waals surface area contributed by atoms with Crippen LogP contribution < -0.4 is 5.32 Å². The molecule has 0 amide bonds. The number of carbonyl (C=O) groups is 1. The number of aromatic nitrogens is 1. The number of nitrogens with one attached hydrogen (secondary N) is 1. The van der Waals surface area contributed by atoms with E-state index in [1.807, 2.05) is 13.1 Å². The van der Waals surface area contributed by atoms with Crippen LogP contribution in [0.4, 0.5) is 0 Å². The fourth-order valence-corrected chi connectivity index (χ4v) is 3.08. The Hall–Kier alpha value is -0.940. The van der Waals surface area contributed by atoms with Gasteiger partial charge in [0.25, 0.3) is 0 Å². The Morgan fingerprint density at radius 2 is 2.47 bits per heavy atom. The lowest BCUT2D eigenvalue weighted by atomic mass is 9.86. The fraction of sp³-hybridized carbons (Fsp3) is 0.667. The molecule has 0 aliphatic heterocycles. The van der Waals surface area contributed by atoms with Gasteiger partial charge in [0.15, 0.2) is 0 Å². The van der Waals surface area contributed by atoms with Gasteiger partial charge in [-0.05, 0) is 26.2 Å². The number of thiazole rings is 1. The summed E-state index contributed by atoms with van der Waals surface area (Å²) in [4.78, 5) is 16.4. The SMILES string of the molecule is Cc1ncc(CNC2CCCC(C(=O)O)C2)s1. The van der Waals surface area contributed by atoms with Gasteiger partial charge in [0.2, 0.25) is 0 Å². The average Bonchev–Trinajstić information content (AvgIpc) is 2.73. The molecule has 2 atom stereocenters. The van der Waals surface area contributed by atoms with E-state index in [0.717, 1.165) is 37.2 Å². The highest BCUT2D eigenvalue weighted by molar-refractivity contribution is 7.11. The molecule has 0 radical (unpaired) electrons. The second kappa shape index (κ2) is 5.60. The predicted octanol–water partition coefficient (Wildman–Crippen LogP) is 2.18. The summed E-state index contributed by atoms with van der Waals surface area (Å²) in [6.45, 7) is 2.80. The molecule has 0 aromatic carbocycles. The summed E-state index contributed by atoms with van der Waals surface area (Å²) in [5.41, 5.74) is 0. The van der Waals surface area contributed by atoms with Crippen LogP contribution in [-0.4, -0.2) is 22.1 Å². The maximum Gasteiger partial charge on any atom is 0.306 e. The molecule has 1 aliphatic rings. The number of aliphatic carboxylic acids is 1. The highest BCUT2D eigenvalue weighted by atomic mass is 32.1. The molecule has 1 aliphatic carbocycles. The van der Waals surface area contributed by atoms with Gasteiger partial charge in [-0.25, -0.2) is 4.98 Å². The van der Waals surface area contributed by atoms with Crippen molar-refractivity contribution in [1.82, 2.24) is 10.3 Å². The molecular weight excluding hydrogens is 236 g/mol. The molecule has 2 rings (SSSR count). The maximum absolute atomic E-state index is 10.9. The molecule has 94 valence electrons. The molecule has 1 aromatic heterocycles. The van der Waals surface area contributed by atoms with Crippen LogP contribution in [0.25, 0.3) is 0 Å². The van der Waals surface area contributed by atoms with Crippen molar-refractivity contribution in [3.8, 4) is 0 Å². The number of carboxylic acids is 1. The van der Waals surface area contributed by atoms with E-state index >= 15 is 0 Å². The third-order valence-electron chi connectivity index (χ3n) is 3.26. The van der Waals surface area contributed by atoms with Gasteiger partial charge in [-0.15, -0.1) is 11.3 Å². The number of hydrogen-bond donors (Lipinski definition) is 2. The highest BCUT2D eigenvalue weighted by Crippen LogP contribution is 2.25. The molecule has 2 unspecified atom stereocenters. The van der Waals surface area contributed by atoms with Gasteiger partial charge < -0.3 is 10.4 Å². The Morgan fingerprint density at radius 1 is 1.65 bits per heavy atom.